The fraction of sp³-hybridized carbons (Fsp3) is 0.111. The zero-order valence-corrected chi connectivity index (χ0v) is 14.3. The number of carbonyl (C=O) groups is 2. The number of hydrogen-bond donors (Lipinski definition) is 2. The van der Waals surface area contributed by atoms with Crippen LogP contribution < -0.4 is 15.4 Å². The standard InChI is InChI=1S/C18H17N5O3/c1-19-17(24)12-8-9-16(26-2)14(10-12)21-18(25)15-11-20-23(22-15)13-6-4-3-5-7-13/h3-11H,1-2H3,(H,19,24)(H,21,25). The number of carbonyl (C=O) groups excluding carboxylic acids is 2. The zero-order chi connectivity index (χ0) is 18.5. The summed E-state index contributed by atoms with van der Waals surface area (Å²) in [5, 5.41) is 13.5. The molecule has 1 heterocycles. The highest BCUT2D eigenvalue weighted by atomic mass is 16.5. The fourth-order valence-corrected chi connectivity index (χ4v) is 2.33. The van der Waals surface area contributed by atoms with E-state index in [0.29, 0.717) is 17.0 Å². The highest BCUT2D eigenvalue weighted by molar-refractivity contribution is 6.04. The lowest BCUT2D eigenvalue weighted by Crippen LogP contribution is -2.19. The molecule has 0 unspecified atom stereocenters. The first-order valence-electron chi connectivity index (χ1n) is 7.81. The minimum Gasteiger partial charge on any atom is -0.495 e. The van der Waals surface area contributed by atoms with E-state index >= 15 is 0 Å². The highest BCUT2D eigenvalue weighted by Gasteiger charge is 2.16. The summed E-state index contributed by atoms with van der Waals surface area (Å²) in [6.07, 6.45) is 1.37. The molecule has 0 saturated carbocycles. The first-order chi connectivity index (χ1) is 12.6. The number of hydrogen-bond acceptors (Lipinski definition) is 5. The van der Waals surface area contributed by atoms with Crippen molar-refractivity contribution >= 4 is 17.5 Å². The summed E-state index contributed by atoms with van der Waals surface area (Å²) in [5.74, 6) is -0.292. The van der Waals surface area contributed by atoms with E-state index in [0.717, 1.165) is 5.69 Å². The average Bonchev–Trinajstić information content (AvgIpc) is 3.18. The molecule has 3 rings (SSSR count). The van der Waals surface area contributed by atoms with Crippen LogP contribution in [0.25, 0.3) is 5.69 Å². The van der Waals surface area contributed by atoms with Crippen molar-refractivity contribution in [3.8, 4) is 11.4 Å². The van der Waals surface area contributed by atoms with Crippen LogP contribution in [0, 0.1) is 0 Å². The first-order valence-corrected chi connectivity index (χ1v) is 7.81. The molecule has 8 nitrogen and oxygen atoms in total. The molecular formula is C18H17N5O3. The van der Waals surface area contributed by atoms with E-state index in [-0.39, 0.29) is 11.6 Å². The molecule has 132 valence electrons. The van der Waals surface area contributed by atoms with Gasteiger partial charge in [0.1, 0.15) is 5.75 Å². The topological polar surface area (TPSA) is 98.1 Å². The van der Waals surface area contributed by atoms with Gasteiger partial charge in [-0.2, -0.15) is 9.90 Å². The van der Waals surface area contributed by atoms with Crippen LogP contribution in [0.5, 0.6) is 5.75 Å². The van der Waals surface area contributed by atoms with E-state index in [2.05, 4.69) is 20.8 Å². The molecule has 3 aromatic rings. The fourth-order valence-electron chi connectivity index (χ4n) is 2.33. The van der Waals surface area contributed by atoms with Crippen molar-refractivity contribution < 1.29 is 14.3 Å². The van der Waals surface area contributed by atoms with Gasteiger partial charge >= 0.3 is 0 Å². The second-order valence-electron chi connectivity index (χ2n) is 5.30. The van der Waals surface area contributed by atoms with Crippen LogP contribution in [0.4, 0.5) is 5.69 Å². The van der Waals surface area contributed by atoms with Crippen LogP contribution >= 0.6 is 0 Å². The second kappa shape index (κ2) is 7.47. The molecular weight excluding hydrogens is 334 g/mol. The molecule has 8 heteroatoms. The third kappa shape index (κ3) is 3.54. The van der Waals surface area contributed by atoms with E-state index in [1.165, 1.54) is 31.2 Å². The molecule has 0 fully saturated rings. The number of methoxy groups -OCH3 is 1. The predicted octanol–water partition coefficient (Wildman–Crippen LogP) is 1.89. The molecule has 2 N–H and O–H groups in total. The molecule has 0 bridgehead atoms. The van der Waals surface area contributed by atoms with Crippen LogP contribution in [0.2, 0.25) is 0 Å². The first kappa shape index (κ1) is 17.2. The molecule has 26 heavy (non-hydrogen) atoms. The number of ether oxygens (including phenoxy) is 1. The molecule has 1 aromatic heterocycles. The van der Waals surface area contributed by atoms with Gasteiger partial charge in [0.05, 0.1) is 24.7 Å². The monoisotopic (exact) mass is 351 g/mol. The van der Waals surface area contributed by atoms with Crippen molar-refractivity contribution in [1.82, 2.24) is 20.3 Å². The Morgan fingerprint density at radius 1 is 1.08 bits per heavy atom. The van der Waals surface area contributed by atoms with Gasteiger partial charge in [-0.3, -0.25) is 9.59 Å². The Morgan fingerprint density at radius 2 is 1.85 bits per heavy atom. The SMILES string of the molecule is CNC(=O)c1ccc(OC)c(NC(=O)c2cnn(-c3ccccc3)n2)c1. The number of amides is 2. The Balaban J connectivity index is 1.84. The third-order valence-electron chi connectivity index (χ3n) is 3.65. The Labute approximate surface area is 149 Å². The smallest absolute Gasteiger partial charge is 0.277 e. The van der Waals surface area contributed by atoms with Crippen LogP contribution in [0.15, 0.2) is 54.7 Å². The van der Waals surface area contributed by atoms with Crippen LogP contribution in [-0.2, 0) is 0 Å². The van der Waals surface area contributed by atoms with Crippen molar-refractivity contribution in [3.05, 3.63) is 66.0 Å². The Morgan fingerprint density at radius 3 is 2.54 bits per heavy atom. The number of nitrogens with one attached hydrogen (secondary N) is 2. The van der Waals surface area contributed by atoms with E-state index < -0.39 is 5.91 Å². The maximum absolute atomic E-state index is 12.5. The van der Waals surface area contributed by atoms with Crippen LogP contribution in [0.3, 0.4) is 0 Å². The molecule has 0 atom stereocenters. The summed E-state index contributed by atoms with van der Waals surface area (Å²) in [5.41, 5.74) is 1.65. The van der Waals surface area contributed by atoms with Crippen molar-refractivity contribution in [2.24, 2.45) is 0 Å². The van der Waals surface area contributed by atoms with Crippen molar-refractivity contribution in [1.29, 1.82) is 0 Å². The Bertz CT molecular complexity index is 937. The van der Waals surface area contributed by atoms with Gasteiger partial charge in [0, 0.05) is 12.6 Å². The summed E-state index contributed by atoms with van der Waals surface area (Å²) < 4.78 is 5.24. The summed E-state index contributed by atoms with van der Waals surface area (Å²) in [6, 6.07) is 14.0. The summed E-state index contributed by atoms with van der Waals surface area (Å²) >= 11 is 0. The normalized spacial score (nSPS) is 10.2. The number of nitrogens with zero attached hydrogens (tertiary/aromatic N) is 3. The van der Waals surface area contributed by atoms with Gasteiger partial charge in [-0.1, -0.05) is 18.2 Å². The van der Waals surface area contributed by atoms with Crippen molar-refractivity contribution in [3.63, 3.8) is 0 Å². The van der Waals surface area contributed by atoms with Crippen LogP contribution in [0.1, 0.15) is 20.8 Å². The molecule has 2 amide bonds. The summed E-state index contributed by atoms with van der Waals surface area (Å²) in [6.45, 7) is 0. The van der Waals surface area contributed by atoms with Crippen molar-refractivity contribution in [2.75, 3.05) is 19.5 Å². The lowest BCUT2D eigenvalue weighted by Gasteiger charge is -2.11. The Hall–Kier alpha value is -3.68. The second-order valence-corrected chi connectivity index (χ2v) is 5.30. The maximum Gasteiger partial charge on any atom is 0.277 e. The van der Waals surface area contributed by atoms with E-state index in [9.17, 15) is 9.59 Å². The molecule has 0 aliphatic rings. The zero-order valence-electron chi connectivity index (χ0n) is 14.3. The molecule has 0 saturated heterocycles. The lowest BCUT2D eigenvalue weighted by molar-refractivity contribution is 0.0961. The van der Waals surface area contributed by atoms with Crippen LogP contribution in [-0.4, -0.2) is 41.0 Å². The van der Waals surface area contributed by atoms with Gasteiger partial charge in [0.15, 0.2) is 5.69 Å². The lowest BCUT2D eigenvalue weighted by atomic mass is 10.1. The minimum atomic E-state index is -0.459. The van der Waals surface area contributed by atoms with E-state index in [4.69, 9.17) is 4.74 Å². The van der Waals surface area contributed by atoms with Gasteiger partial charge in [0.2, 0.25) is 0 Å². The number of para-hydroxylation sites is 1. The largest absolute Gasteiger partial charge is 0.495 e. The molecule has 2 aromatic carbocycles. The minimum absolute atomic E-state index is 0.140. The molecule has 0 radical (unpaired) electrons. The van der Waals surface area contributed by atoms with Gasteiger partial charge in [0.25, 0.3) is 11.8 Å². The summed E-state index contributed by atoms with van der Waals surface area (Å²) in [4.78, 5) is 25.7. The number of aromatic nitrogens is 3. The Kier molecular flexibility index (Phi) is 4.93. The van der Waals surface area contributed by atoms with E-state index in [1.54, 1.807) is 12.1 Å². The quantitative estimate of drug-likeness (QED) is 0.731. The average molecular weight is 351 g/mol. The van der Waals surface area contributed by atoms with Gasteiger partial charge in [-0.05, 0) is 30.3 Å². The maximum atomic E-state index is 12.5. The molecule has 0 aliphatic heterocycles. The van der Waals surface area contributed by atoms with Gasteiger partial charge in [-0.25, -0.2) is 0 Å². The number of benzene rings is 2. The predicted molar refractivity (Wildman–Crippen MR) is 95.7 cm³/mol. The summed E-state index contributed by atoms with van der Waals surface area (Å²) in [7, 11) is 3.02. The number of rotatable bonds is 5. The third-order valence-corrected chi connectivity index (χ3v) is 3.65. The van der Waals surface area contributed by atoms with Gasteiger partial charge < -0.3 is 15.4 Å². The van der Waals surface area contributed by atoms with Gasteiger partial charge in [-0.15, -0.1) is 5.10 Å². The van der Waals surface area contributed by atoms with E-state index in [1.807, 2.05) is 30.3 Å². The van der Waals surface area contributed by atoms with Crippen molar-refractivity contribution in [2.45, 2.75) is 0 Å². The highest BCUT2D eigenvalue weighted by Crippen LogP contribution is 2.26. The number of anilines is 1. The molecule has 0 aliphatic carbocycles. The molecule has 0 spiro atoms.